The van der Waals surface area contributed by atoms with Gasteiger partial charge in [-0.1, -0.05) is 30.4 Å². The van der Waals surface area contributed by atoms with E-state index in [9.17, 15) is 21.0 Å². The molecule has 4 nitrogen and oxygen atoms in total. The zero-order chi connectivity index (χ0) is 17.5. The number of allylic oxidation sites excluding steroid dienone is 2. The van der Waals surface area contributed by atoms with Crippen molar-refractivity contribution < 1.29 is 0 Å². The van der Waals surface area contributed by atoms with E-state index in [-0.39, 0.29) is 11.8 Å². The number of fused-ring (bicyclic) bond motifs is 4. The molecular weight excluding hydrogens is 312 g/mol. The van der Waals surface area contributed by atoms with E-state index in [1.165, 1.54) is 10.8 Å². The molecule has 3 fully saturated rings. The second-order valence-corrected chi connectivity index (χ2v) is 14.1. The summed E-state index contributed by atoms with van der Waals surface area (Å²) in [7, 11) is -1.76. The van der Waals surface area contributed by atoms with E-state index < -0.39 is 24.3 Å². The van der Waals surface area contributed by atoms with Gasteiger partial charge in [-0.2, -0.15) is 21.0 Å². The topological polar surface area (TPSA) is 95.2 Å². The molecule has 0 saturated heterocycles. The predicted octanol–water partition coefficient (Wildman–Crippen LogP) is 3.68. The van der Waals surface area contributed by atoms with E-state index in [0.717, 1.165) is 19.3 Å². The molecule has 0 heterocycles. The highest BCUT2D eigenvalue weighted by Crippen LogP contribution is 2.83. The molecule has 0 N–H and O–H groups in total. The average molecular weight is 332 g/mol. The molecule has 0 aromatic heterocycles. The van der Waals surface area contributed by atoms with Crippen LogP contribution in [0.1, 0.15) is 25.7 Å². The Bertz CT molecular complexity index is 822. The van der Waals surface area contributed by atoms with E-state index in [1.54, 1.807) is 0 Å². The number of hydrogen-bond donors (Lipinski definition) is 0. The molecule has 120 valence electrons. The minimum atomic E-state index is -1.76. The molecule has 0 aromatic rings. The molecule has 0 radical (unpaired) electrons. The van der Waals surface area contributed by atoms with E-state index in [0.29, 0.717) is 12.3 Å². The smallest absolute Gasteiger partial charge is 0.185 e. The van der Waals surface area contributed by atoms with Gasteiger partial charge in [0.1, 0.15) is 0 Å². The standard InChI is InChI=1S/C19H20N4Si/c1-24(2,3)16-14-7-19(13-5-4-12(6-13)15(16)19)18(10-22,11-23)17(14,8-20)9-21/h12-14H,4-7H2,1-3H3/t12-,13-,14+,19-/m0/s1. The number of nitriles is 4. The van der Waals surface area contributed by atoms with Gasteiger partial charge in [0.25, 0.3) is 0 Å². The minimum Gasteiger partial charge on any atom is -0.196 e. The second-order valence-electron chi connectivity index (χ2n) is 9.02. The molecule has 1 spiro atoms. The Labute approximate surface area is 144 Å². The van der Waals surface area contributed by atoms with Gasteiger partial charge in [-0.05, 0) is 37.5 Å². The number of rotatable bonds is 1. The molecule has 4 atom stereocenters. The molecule has 4 bridgehead atoms. The first-order valence-corrected chi connectivity index (χ1v) is 12.2. The molecule has 0 aromatic carbocycles. The summed E-state index contributed by atoms with van der Waals surface area (Å²) in [5.74, 6) is 0.534. The van der Waals surface area contributed by atoms with Crippen LogP contribution in [0.15, 0.2) is 10.8 Å². The summed E-state index contributed by atoms with van der Waals surface area (Å²) < 4.78 is 0. The molecule has 3 saturated carbocycles. The molecule has 0 aliphatic heterocycles. The maximum Gasteiger partial charge on any atom is 0.185 e. The summed E-state index contributed by atoms with van der Waals surface area (Å²) >= 11 is 0. The third-order valence-corrected chi connectivity index (χ3v) is 9.70. The molecule has 5 heteroatoms. The Morgan fingerprint density at radius 3 is 2.08 bits per heavy atom. The van der Waals surface area contributed by atoms with Crippen LogP contribution in [0.3, 0.4) is 0 Å². The van der Waals surface area contributed by atoms with E-state index in [2.05, 4.69) is 43.9 Å². The summed E-state index contributed by atoms with van der Waals surface area (Å²) in [6.07, 6.45) is 3.87. The second kappa shape index (κ2) is 4.11. The van der Waals surface area contributed by atoms with E-state index in [4.69, 9.17) is 0 Å². The monoisotopic (exact) mass is 332 g/mol. The van der Waals surface area contributed by atoms with Crippen molar-refractivity contribution in [2.45, 2.75) is 45.3 Å². The Balaban J connectivity index is 2.16. The first-order valence-electron chi connectivity index (χ1n) is 8.69. The van der Waals surface area contributed by atoms with Crippen molar-refractivity contribution in [1.29, 1.82) is 21.0 Å². The summed E-state index contributed by atoms with van der Waals surface area (Å²) in [6, 6.07) is 8.90. The van der Waals surface area contributed by atoms with Crippen molar-refractivity contribution in [2.75, 3.05) is 0 Å². The lowest BCUT2D eigenvalue weighted by atomic mass is 9.49. The van der Waals surface area contributed by atoms with Gasteiger partial charge in [-0.3, -0.25) is 0 Å². The zero-order valence-electron chi connectivity index (χ0n) is 14.3. The van der Waals surface area contributed by atoms with Crippen LogP contribution < -0.4 is 0 Å². The van der Waals surface area contributed by atoms with Crippen molar-refractivity contribution in [1.82, 2.24) is 0 Å². The normalized spacial score (nSPS) is 39.7. The molecule has 24 heavy (non-hydrogen) atoms. The van der Waals surface area contributed by atoms with Crippen molar-refractivity contribution in [3.8, 4) is 24.3 Å². The Kier molecular flexibility index (Phi) is 2.65. The van der Waals surface area contributed by atoms with Crippen LogP contribution in [-0.4, -0.2) is 8.07 Å². The summed E-state index contributed by atoms with van der Waals surface area (Å²) in [5.41, 5.74) is -2.20. The summed E-state index contributed by atoms with van der Waals surface area (Å²) in [4.78, 5) is 0. The Hall–Kier alpha value is -2.08. The maximum absolute atomic E-state index is 10.1. The van der Waals surface area contributed by atoms with E-state index >= 15 is 0 Å². The van der Waals surface area contributed by atoms with Crippen LogP contribution in [0.25, 0.3) is 0 Å². The van der Waals surface area contributed by atoms with Crippen LogP contribution in [0, 0.1) is 79.3 Å². The van der Waals surface area contributed by atoms with Crippen molar-refractivity contribution in [3.05, 3.63) is 10.8 Å². The molecule has 0 amide bonds. The SMILES string of the molecule is C[Si](C)(C)C1=C2[C@H]3CC[C@@H](C3)[C@@]23C[C@H]1C(C#N)(C#N)C3(C#N)C#N. The molecular formula is C19H20N4Si. The highest BCUT2D eigenvalue weighted by Gasteiger charge is 2.84. The quantitative estimate of drug-likeness (QED) is 0.684. The van der Waals surface area contributed by atoms with Gasteiger partial charge in [-0.15, -0.1) is 0 Å². The first kappa shape index (κ1) is 15.4. The van der Waals surface area contributed by atoms with Gasteiger partial charge in [0.15, 0.2) is 10.8 Å². The first-order chi connectivity index (χ1) is 11.3. The van der Waals surface area contributed by atoms with E-state index in [1.807, 2.05) is 0 Å². The summed E-state index contributed by atoms with van der Waals surface area (Å²) in [6.45, 7) is 6.82. The van der Waals surface area contributed by atoms with Crippen LogP contribution in [0.2, 0.25) is 19.6 Å². The third kappa shape index (κ3) is 1.17. The average Bonchev–Trinajstić information content (AvgIpc) is 3.25. The third-order valence-electron chi connectivity index (χ3n) is 7.46. The highest BCUT2D eigenvalue weighted by molar-refractivity contribution is 6.83. The van der Waals surface area contributed by atoms with Gasteiger partial charge < -0.3 is 0 Å². The lowest BCUT2D eigenvalue weighted by molar-refractivity contribution is 0.111. The fraction of sp³-hybridized carbons (Fsp3) is 0.684. The largest absolute Gasteiger partial charge is 0.196 e. The number of nitrogens with zero attached hydrogens (tertiary/aromatic N) is 4. The van der Waals surface area contributed by atoms with Crippen LogP contribution in [0.5, 0.6) is 0 Å². The van der Waals surface area contributed by atoms with Gasteiger partial charge in [0.2, 0.25) is 0 Å². The fourth-order valence-corrected chi connectivity index (χ4v) is 9.54. The van der Waals surface area contributed by atoms with Gasteiger partial charge in [0.05, 0.1) is 32.4 Å². The Morgan fingerprint density at radius 2 is 1.58 bits per heavy atom. The molecule has 4 rings (SSSR count). The minimum absolute atomic E-state index is 0.225. The molecule has 4 aliphatic carbocycles. The molecule has 4 aliphatic rings. The summed E-state index contributed by atoms with van der Waals surface area (Å²) in [5, 5.41) is 41.6. The van der Waals surface area contributed by atoms with Crippen molar-refractivity contribution >= 4 is 8.07 Å². The molecule has 0 unspecified atom stereocenters. The Morgan fingerprint density at radius 1 is 0.958 bits per heavy atom. The zero-order valence-corrected chi connectivity index (χ0v) is 15.3. The van der Waals surface area contributed by atoms with Gasteiger partial charge in [0, 0.05) is 11.3 Å². The lowest BCUT2D eigenvalue weighted by Gasteiger charge is -2.49. The van der Waals surface area contributed by atoms with Crippen molar-refractivity contribution in [2.24, 2.45) is 34.0 Å². The maximum atomic E-state index is 10.1. The highest BCUT2D eigenvalue weighted by atomic mass is 28.3. The predicted molar refractivity (Wildman–Crippen MR) is 89.1 cm³/mol. The van der Waals surface area contributed by atoms with Crippen molar-refractivity contribution in [3.63, 3.8) is 0 Å². The van der Waals surface area contributed by atoms with Crippen LogP contribution in [-0.2, 0) is 0 Å². The van der Waals surface area contributed by atoms with Gasteiger partial charge in [-0.25, -0.2) is 0 Å². The van der Waals surface area contributed by atoms with Gasteiger partial charge >= 0.3 is 0 Å². The van der Waals surface area contributed by atoms with Crippen LogP contribution in [0.4, 0.5) is 0 Å². The number of hydrogen-bond acceptors (Lipinski definition) is 4. The fourth-order valence-electron chi connectivity index (χ4n) is 6.94. The van der Waals surface area contributed by atoms with Crippen LogP contribution >= 0.6 is 0 Å². The lowest BCUT2D eigenvalue weighted by Crippen LogP contribution is -2.53.